The van der Waals surface area contributed by atoms with E-state index < -0.39 is 0 Å². The number of hydrogen-bond acceptors (Lipinski definition) is 3. The summed E-state index contributed by atoms with van der Waals surface area (Å²) < 4.78 is 0.875. The number of anilines is 2. The van der Waals surface area contributed by atoms with E-state index >= 15 is 0 Å². The highest BCUT2D eigenvalue weighted by Crippen LogP contribution is 2.41. The Labute approximate surface area is 132 Å². The number of hydrogen-bond donors (Lipinski definition) is 2. The minimum Gasteiger partial charge on any atom is -0.378 e. The van der Waals surface area contributed by atoms with Gasteiger partial charge in [0.1, 0.15) is 0 Å². The normalized spacial score (nSPS) is 19.9. The van der Waals surface area contributed by atoms with E-state index in [0.717, 1.165) is 35.0 Å². The van der Waals surface area contributed by atoms with Gasteiger partial charge in [0, 0.05) is 22.7 Å². The lowest BCUT2D eigenvalue weighted by Crippen LogP contribution is -2.19. The van der Waals surface area contributed by atoms with Crippen molar-refractivity contribution in [1.82, 2.24) is 0 Å². The third-order valence-electron chi connectivity index (χ3n) is 4.19. The fourth-order valence-corrected chi connectivity index (χ4v) is 4.51. The molecule has 0 spiro atoms. The van der Waals surface area contributed by atoms with Gasteiger partial charge < -0.3 is 10.6 Å². The molecule has 1 aromatic carbocycles. The number of fused-ring (bicyclic) bond motifs is 2. The fraction of sp³-hybridized carbons (Fsp3) is 0.312. The number of rotatable bonds is 2. The highest BCUT2D eigenvalue weighted by molar-refractivity contribution is 7.16. The van der Waals surface area contributed by atoms with Crippen molar-refractivity contribution in [3.8, 4) is 0 Å². The van der Waals surface area contributed by atoms with Crippen LogP contribution in [0.1, 0.15) is 34.9 Å². The largest absolute Gasteiger partial charge is 0.378 e. The average molecular weight is 319 g/mol. The van der Waals surface area contributed by atoms with Crippen LogP contribution in [-0.4, -0.2) is 5.91 Å². The van der Waals surface area contributed by atoms with E-state index in [9.17, 15) is 4.79 Å². The summed E-state index contributed by atoms with van der Waals surface area (Å²) in [7, 11) is 0. The molecule has 2 aromatic rings. The van der Waals surface area contributed by atoms with E-state index in [4.69, 9.17) is 11.6 Å². The van der Waals surface area contributed by atoms with Gasteiger partial charge in [0.2, 0.25) is 5.91 Å². The van der Waals surface area contributed by atoms with Crippen LogP contribution in [-0.2, 0) is 17.6 Å². The van der Waals surface area contributed by atoms with E-state index in [1.165, 1.54) is 16.0 Å². The molecule has 3 nitrogen and oxygen atoms in total. The van der Waals surface area contributed by atoms with E-state index in [2.05, 4.69) is 22.8 Å². The number of amides is 1. The lowest BCUT2D eigenvalue weighted by molar-refractivity contribution is -0.116. The minimum atomic E-state index is 0.108. The summed E-state index contributed by atoms with van der Waals surface area (Å²) in [6, 6.07) is 8.62. The number of thiophene rings is 1. The van der Waals surface area contributed by atoms with Gasteiger partial charge in [-0.3, -0.25) is 4.79 Å². The first kappa shape index (κ1) is 13.2. The predicted octanol–water partition coefficient (Wildman–Crippen LogP) is 4.39. The van der Waals surface area contributed by atoms with E-state index in [1.54, 1.807) is 11.3 Å². The van der Waals surface area contributed by atoms with Crippen molar-refractivity contribution in [2.75, 3.05) is 10.6 Å². The van der Waals surface area contributed by atoms with Crippen molar-refractivity contribution in [3.05, 3.63) is 44.6 Å². The molecule has 2 aliphatic rings. The monoisotopic (exact) mass is 318 g/mol. The fourth-order valence-electron chi connectivity index (χ4n) is 3.15. The lowest BCUT2D eigenvalue weighted by Gasteiger charge is -2.20. The van der Waals surface area contributed by atoms with Crippen molar-refractivity contribution < 1.29 is 4.79 Å². The van der Waals surface area contributed by atoms with Crippen molar-refractivity contribution >= 4 is 40.2 Å². The molecule has 4 rings (SSSR count). The summed E-state index contributed by atoms with van der Waals surface area (Å²) in [5, 5.41) is 6.52. The van der Waals surface area contributed by atoms with E-state index in [1.807, 2.05) is 12.1 Å². The summed E-state index contributed by atoms with van der Waals surface area (Å²) in [4.78, 5) is 12.8. The van der Waals surface area contributed by atoms with E-state index in [-0.39, 0.29) is 5.91 Å². The molecule has 0 saturated carbocycles. The van der Waals surface area contributed by atoms with E-state index in [0.29, 0.717) is 12.5 Å². The van der Waals surface area contributed by atoms with Gasteiger partial charge in [-0.15, -0.1) is 11.3 Å². The average Bonchev–Trinajstić information content (AvgIpc) is 3.00. The molecule has 0 radical (unpaired) electrons. The second kappa shape index (κ2) is 5.04. The molecule has 21 heavy (non-hydrogen) atoms. The summed E-state index contributed by atoms with van der Waals surface area (Å²) in [6.07, 6.45) is 3.61. The van der Waals surface area contributed by atoms with Crippen LogP contribution >= 0.6 is 22.9 Å². The number of nitrogens with one attached hydrogen (secondary N) is 2. The maximum Gasteiger partial charge on any atom is 0.224 e. The van der Waals surface area contributed by atoms with Crippen LogP contribution in [0.25, 0.3) is 0 Å². The van der Waals surface area contributed by atoms with Crippen LogP contribution in [0, 0.1) is 0 Å². The second-order valence-corrected chi connectivity index (χ2v) is 7.35. The zero-order chi connectivity index (χ0) is 14.4. The molecule has 0 fully saturated rings. The minimum absolute atomic E-state index is 0.108. The first-order valence-corrected chi connectivity index (χ1v) is 8.36. The van der Waals surface area contributed by atoms with Crippen LogP contribution in [0.15, 0.2) is 24.3 Å². The molecule has 5 heteroatoms. The van der Waals surface area contributed by atoms with Gasteiger partial charge in [-0.2, -0.15) is 0 Å². The SMILES string of the molecule is O=C1CCc2cc(NC3CCc4sc(Cl)cc43)ccc2N1. The Hall–Kier alpha value is -1.52. The summed E-state index contributed by atoms with van der Waals surface area (Å²) in [5.74, 6) is 0.108. The third-order valence-corrected chi connectivity index (χ3v) is 5.53. The highest BCUT2D eigenvalue weighted by atomic mass is 35.5. The number of benzene rings is 1. The van der Waals surface area contributed by atoms with Crippen LogP contribution in [0.5, 0.6) is 0 Å². The van der Waals surface area contributed by atoms with Crippen molar-refractivity contribution in [2.24, 2.45) is 0 Å². The van der Waals surface area contributed by atoms with Gasteiger partial charge in [-0.25, -0.2) is 0 Å². The Morgan fingerprint density at radius 2 is 2.14 bits per heavy atom. The molecule has 2 N–H and O–H groups in total. The Balaban J connectivity index is 1.57. The number of carbonyl (C=O) groups is 1. The Bertz CT molecular complexity index is 725. The molecule has 1 amide bonds. The summed E-state index contributed by atoms with van der Waals surface area (Å²) >= 11 is 7.80. The van der Waals surface area contributed by atoms with Gasteiger partial charge in [-0.1, -0.05) is 11.6 Å². The first-order valence-electron chi connectivity index (χ1n) is 7.16. The van der Waals surface area contributed by atoms with Crippen LogP contribution < -0.4 is 10.6 Å². The summed E-state index contributed by atoms with van der Waals surface area (Å²) in [6.45, 7) is 0. The standard InChI is InChI=1S/C16H15ClN2OS/c17-15-8-11-13(4-5-14(11)21-15)18-10-2-3-12-9(7-10)1-6-16(20)19-12/h2-3,7-8,13,18H,1,4-6H2,(H,19,20). The lowest BCUT2D eigenvalue weighted by atomic mass is 10.0. The maximum absolute atomic E-state index is 11.4. The first-order chi connectivity index (χ1) is 10.2. The van der Waals surface area contributed by atoms with Crippen LogP contribution in [0.4, 0.5) is 11.4 Å². The quantitative estimate of drug-likeness (QED) is 0.862. The number of aryl methyl sites for hydroxylation is 2. The second-order valence-electron chi connectivity index (χ2n) is 5.58. The third kappa shape index (κ3) is 2.43. The van der Waals surface area contributed by atoms with Gasteiger partial charge in [-0.05, 0) is 54.7 Å². The van der Waals surface area contributed by atoms with Crippen LogP contribution in [0.2, 0.25) is 4.34 Å². The molecule has 0 bridgehead atoms. The van der Waals surface area contributed by atoms with Gasteiger partial charge in [0.25, 0.3) is 0 Å². The smallest absolute Gasteiger partial charge is 0.224 e. The number of carbonyl (C=O) groups excluding carboxylic acids is 1. The van der Waals surface area contributed by atoms with Crippen molar-refractivity contribution in [1.29, 1.82) is 0 Å². The molecule has 1 atom stereocenters. The van der Waals surface area contributed by atoms with Crippen molar-refractivity contribution in [2.45, 2.75) is 31.7 Å². The molecule has 1 aromatic heterocycles. The molecule has 1 unspecified atom stereocenters. The summed E-state index contributed by atoms with van der Waals surface area (Å²) in [5.41, 5.74) is 4.62. The Kier molecular flexibility index (Phi) is 3.16. The molecule has 1 aliphatic heterocycles. The number of halogens is 1. The molecular weight excluding hydrogens is 304 g/mol. The van der Waals surface area contributed by atoms with Gasteiger partial charge >= 0.3 is 0 Å². The zero-order valence-corrected chi connectivity index (χ0v) is 13.0. The molecular formula is C16H15ClN2OS. The van der Waals surface area contributed by atoms with Gasteiger partial charge in [0.15, 0.2) is 0 Å². The van der Waals surface area contributed by atoms with Crippen LogP contribution in [0.3, 0.4) is 0 Å². The molecule has 1 aliphatic carbocycles. The predicted molar refractivity (Wildman–Crippen MR) is 87.4 cm³/mol. The Morgan fingerprint density at radius 3 is 3.05 bits per heavy atom. The molecule has 2 heterocycles. The highest BCUT2D eigenvalue weighted by Gasteiger charge is 2.25. The van der Waals surface area contributed by atoms with Gasteiger partial charge in [0.05, 0.1) is 10.4 Å². The topological polar surface area (TPSA) is 41.1 Å². The molecule has 0 saturated heterocycles. The molecule has 108 valence electrons. The zero-order valence-electron chi connectivity index (χ0n) is 11.4. The van der Waals surface area contributed by atoms with Crippen molar-refractivity contribution in [3.63, 3.8) is 0 Å². The maximum atomic E-state index is 11.4. The Morgan fingerprint density at radius 1 is 1.24 bits per heavy atom.